The molecule has 0 aliphatic carbocycles. The lowest BCUT2D eigenvalue weighted by molar-refractivity contribution is 0.0946. The van der Waals surface area contributed by atoms with Gasteiger partial charge in [-0.3, -0.25) is 14.0 Å². The number of hydrogen-bond acceptors (Lipinski definition) is 4. The Labute approximate surface area is 161 Å². The van der Waals surface area contributed by atoms with E-state index in [1.165, 1.54) is 0 Å². The number of benzene rings is 1. The first-order chi connectivity index (χ1) is 13.1. The van der Waals surface area contributed by atoms with E-state index in [9.17, 15) is 9.59 Å². The van der Waals surface area contributed by atoms with Crippen molar-refractivity contribution in [2.75, 3.05) is 25.6 Å². The van der Waals surface area contributed by atoms with Gasteiger partial charge in [-0.2, -0.15) is 0 Å². The fraction of sp³-hybridized carbons (Fsp3) is 0.211. The topological polar surface area (TPSA) is 84.7 Å². The first-order valence-corrected chi connectivity index (χ1v) is 8.79. The van der Waals surface area contributed by atoms with Gasteiger partial charge in [0.2, 0.25) is 5.82 Å². The number of nitrogens with zero attached hydrogens (tertiary/aromatic N) is 2. The number of carbonyl (C=O) groups excluding carboxylic acids is 2. The Morgan fingerprint density at radius 2 is 1.93 bits per heavy atom. The number of rotatable bonds is 7. The van der Waals surface area contributed by atoms with E-state index >= 15 is 0 Å². The number of methoxy groups -OCH3 is 1. The van der Waals surface area contributed by atoms with Crippen molar-refractivity contribution in [1.29, 1.82) is 0 Å². The van der Waals surface area contributed by atoms with Gasteiger partial charge in [0.1, 0.15) is 0 Å². The van der Waals surface area contributed by atoms with E-state index in [2.05, 4.69) is 15.6 Å². The summed E-state index contributed by atoms with van der Waals surface area (Å²) in [6, 6.07) is 12.1. The number of hydrogen-bond donors (Lipinski definition) is 2. The molecule has 7 nitrogen and oxygen atoms in total. The molecule has 1 aromatic carbocycles. The zero-order valence-corrected chi connectivity index (χ0v) is 15.5. The lowest BCUT2D eigenvalue weighted by atomic mass is 10.3. The summed E-state index contributed by atoms with van der Waals surface area (Å²) >= 11 is 5.86. The van der Waals surface area contributed by atoms with Crippen LogP contribution in [0.4, 0.5) is 5.69 Å². The molecular weight excluding hydrogens is 368 g/mol. The predicted octanol–water partition coefficient (Wildman–Crippen LogP) is 3.01. The normalized spacial score (nSPS) is 10.7. The number of amides is 2. The van der Waals surface area contributed by atoms with Crippen LogP contribution >= 0.6 is 11.6 Å². The van der Waals surface area contributed by atoms with Crippen LogP contribution in [0.5, 0.6) is 0 Å². The van der Waals surface area contributed by atoms with E-state index < -0.39 is 5.91 Å². The largest absolute Gasteiger partial charge is 0.385 e. The van der Waals surface area contributed by atoms with Crippen molar-refractivity contribution < 1.29 is 14.3 Å². The van der Waals surface area contributed by atoms with Crippen LogP contribution in [-0.4, -0.2) is 41.5 Å². The molecule has 0 radical (unpaired) electrons. The summed E-state index contributed by atoms with van der Waals surface area (Å²) < 4.78 is 6.56. The highest BCUT2D eigenvalue weighted by molar-refractivity contribution is 6.30. The fourth-order valence-electron chi connectivity index (χ4n) is 2.59. The monoisotopic (exact) mass is 386 g/mol. The molecule has 0 spiro atoms. The van der Waals surface area contributed by atoms with E-state index in [0.717, 1.165) is 0 Å². The highest BCUT2D eigenvalue weighted by Gasteiger charge is 2.21. The van der Waals surface area contributed by atoms with Gasteiger partial charge in [0.15, 0.2) is 5.69 Å². The number of ether oxygens (including phenoxy) is 1. The zero-order chi connectivity index (χ0) is 19.2. The van der Waals surface area contributed by atoms with Gasteiger partial charge in [-0.05, 0) is 42.8 Å². The Balaban J connectivity index is 1.84. The molecule has 0 atom stereocenters. The van der Waals surface area contributed by atoms with Gasteiger partial charge in [-0.25, -0.2) is 4.98 Å². The Hall–Kier alpha value is -2.90. The van der Waals surface area contributed by atoms with E-state index in [1.807, 2.05) is 0 Å². The van der Waals surface area contributed by atoms with Crippen LogP contribution in [0.2, 0.25) is 5.02 Å². The second-order valence-electron chi connectivity index (χ2n) is 5.80. The van der Waals surface area contributed by atoms with Gasteiger partial charge in [-0.15, -0.1) is 0 Å². The minimum atomic E-state index is -0.419. The van der Waals surface area contributed by atoms with Gasteiger partial charge in [0, 0.05) is 37.2 Å². The summed E-state index contributed by atoms with van der Waals surface area (Å²) in [5.74, 6) is -0.625. The van der Waals surface area contributed by atoms with Crippen molar-refractivity contribution in [3.05, 3.63) is 65.2 Å². The second-order valence-corrected chi connectivity index (χ2v) is 6.24. The molecule has 0 saturated heterocycles. The molecule has 2 amide bonds. The lowest BCUT2D eigenvalue weighted by Crippen LogP contribution is -2.26. The van der Waals surface area contributed by atoms with Gasteiger partial charge >= 0.3 is 0 Å². The van der Waals surface area contributed by atoms with Crippen LogP contribution in [0, 0.1) is 0 Å². The quantitative estimate of drug-likeness (QED) is 0.611. The molecule has 2 aromatic heterocycles. The highest BCUT2D eigenvalue weighted by Crippen LogP contribution is 2.17. The molecule has 0 bridgehead atoms. The van der Waals surface area contributed by atoms with Crippen LogP contribution in [0.25, 0.3) is 5.52 Å². The van der Waals surface area contributed by atoms with Crippen molar-refractivity contribution in [3.63, 3.8) is 0 Å². The Kier molecular flexibility index (Phi) is 6.05. The third-order valence-electron chi connectivity index (χ3n) is 3.88. The molecule has 140 valence electrons. The van der Waals surface area contributed by atoms with Crippen molar-refractivity contribution >= 4 is 34.6 Å². The summed E-state index contributed by atoms with van der Waals surface area (Å²) in [7, 11) is 1.61. The van der Waals surface area contributed by atoms with E-state index in [4.69, 9.17) is 16.3 Å². The molecule has 0 aliphatic rings. The van der Waals surface area contributed by atoms with Crippen LogP contribution in [0.15, 0.2) is 48.7 Å². The molecule has 27 heavy (non-hydrogen) atoms. The summed E-state index contributed by atoms with van der Waals surface area (Å²) in [5, 5.41) is 6.13. The molecule has 0 fully saturated rings. The Bertz CT molecular complexity index is 953. The van der Waals surface area contributed by atoms with Crippen molar-refractivity contribution in [3.8, 4) is 0 Å². The lowest BCUT2D eigenvalue weighted by Gasteiger charge is -2.04. The van der Waals surface area contributed by atoms with Crippen LogP contribution in [0.1, 0.15) is 27.5 Å². The Morgan fingerprint density at radius 3 is 2.67 bits per heavy atom. The van der Waals surface area contributed by atoms with Crippen LogP contribution < -0.4 is 10.6 Å². The first kappa shape index (κ1) is 18.9. The number of halogens is 1. The zero-order valence-electron chi connectivity index (χ0n) is 14.7. The number of imidazole rings is 1. The van der Waals surface area contributed by atoms with E-state index in [1.54, 1.807) is 60.2 Å². The third-order valence-corrected chi connectivity index (χ3v) is 4.13. The Morgan fingerprint density at radius 1 is 1.15 bits per heavy atom. The van der Waals surface area contributed by atoms with Gasteiger partial charge in [-0.1, -0.05) is 17.7 Å². The second kappa shape index (κ2) is 8.66. The van der Waals surface area contributed by atoms with Gasteiger partial charge in [0.25, 0.3) is 11.8 Å². The highest BCUT2D eigenvalue weighted by atomic mass is 35.5. The van der Waals surface area contributed by atoms with Crippen LogP contribution in [-0.2, 0) is 4.74 Å². The SMILES string of the molecule is COCCCNC(=O)c1nc(C(=O)Nc2ccc(Cl)cc2)n2ccccc12. The van der Waals surface area contributed by atoms with Gasteiger partial charge < -0.3 is 15.4 Å². The molecule has 0 aliphatic heterocycles. The first-order valence-electron chi connectivity index (χ1n) is 8.41. The average molecular weight is 387 g/mol. The molecule has 2 N–H and O–H groups in total. The average Bonchev–Trinajstić information content (AvgIpc) is 3.07. The summed E-state index contributed by atoms with van der Waals surface area (Å²) in [4.78, 5) is 29.4. The maximum absolute atomic E-state index is 12.7. The maximum Gasteiger partial charge on any atom is 0.292 e. The number of anilines is 1. The number of pyridine rings is 1. The minimum absolute atomic E-state index is 0.127. The number of carbonyl (C=O) groups is 2. The van der Waals surface area contributed by atoms with Crippen molar-refractivity contribution in [2.45, 2.75) is 6.42 Å². The van der Waals surface area contributed by atoms with E-state index in [-0.39, 0.29) is 17.4 Å². The molecule has 0 saturated carbocycles. The maximum atomic E-state index is 12.7. The number of nitrogens with one attached hydrogen (secondary N) is 2. The molecule has 2 heterocycles. The predicted molar refractivity (Wildman–Crippen MR) is 103 cm³/mol. The summed E-state index contributed by atoms with van der Waals surface area (Å²) in [6.07, 6.45) is 2.39. The summed E-state index contributed by atoms with van der Waals surface area (Å²) in [5.41, 5.74) is 1.35. The molecule has 3 aromatic rings. The van der Waals surface area contributed by atoms with Gasteiger partial charge in [0.05, 0.1) is 5.52 Å². The number of fused-ring (bicyclic) bond motifs is 1. The minimum Gasteiger partial charge on any atom is -0.385 e. The number of aromatic nitrogens is 2. The standard InChI is InChI=1S/C19H19ClN4O3/c1-27-12-4-10-21-18(25)16-15-5-2-3-11-24(15)17(23-16)19(26)22-14-8-6-13(20)7-9-14/h2-3,5-9,11H,4,10,12H2,1H3,(H,21,25)(H,22,26). The summed E-state index contributed by atoms with van der Waals surface area (Å²) in [6.45, 7) is 1.02. The van der Waals surface area contributed by atoms with Crippen molar-refractivity contribution in [2.24, 2.45) is 0 Å². The molecule has 8 heteroatoms. The fourth-order valence-corrected chi connectivity index (χ4v) is 2.71. The molecule has 3 rings (SSSR count). The smallest absolute Gasteiger partial charge is 0.292 e. The van der Waals surface area contributed by atoms with Crippen LogP contribution in [0.3, 0.4) is 0 Å². The third kappa shape index (κ3) is 4.45. The van der Waals surface area contributed by atoms with Crippen molar-refractivity contribution in [1.82, 2.24) is 14.7 Å². The molecular formula is C19H19ClN4O3. The molecule has 0 unspecified atom stereocenters. The van der Waals surface area contributed by atoms with E-state index in [0.29, 0.717) is 35.8 Å².